The van der Waals surface area contributed by atoms with Gasteiger partial charge in [0.15, 0.2) is 0 Å². The van der Waals surface area contributed by atoms with Crippen LogP contribution in [0.3, 0.4) is 0 Å². The summed E-state index contributed by atoms with van der Waals surface area (Å²) in [5, 5.41) is 17.1. The van der Waals surface area contributed by atoms with Crippen LogP contribution in [-0.4, -0.2) is 36.9 Å². The molecular weight excluding hydrogens is 332 g/mol. The van der Waals surface area contributed by atoms with E-state index in [2.05, 4.69) is 31.9 Å². The zero-order valence-electron chi connectivity index (χ0n) is 12.1. The molecule has 1 N–H and O–H groups in total. The highest BCUT2D eigenvalue weighted by molar-refractivity contribution is 7.99. The molecule has 0 aliphatic carbocycles. The van der Waals surface area contributed by atoms with Crippen molar-refractivity contribution in [2.24, 2.45) is 0 Å². The predicted octanol–water partition coefficient (Wildman–Crippen LogP) is 2.10. The van der Waals surface area contributed by atoms with E-state index in [1.54, 1.807) is 40.5 Å². The van der Waals surface area contributed by atoms with Gasteiger partial charge in [0.25, 0.3) is 0 Å². The smallest absolute Gasteiger partial charge is 0.234 e. The van der Waals surface area contributed by atoms with E-state index in [4.69, 9.17) is 0 Å². The first-order chi connectivity index (χ1) is 11.3. The highest BCUT2D eigenvalue weighted by Crippen LogP contribution is 2.16. The van der Waals surface area contributed by atoms with Crippen LogP contribution in [0.25, 0.3) is 0 Å². The highest BCUT2D eigenvalue weighted by Gasteiger charge is 2.10. The van der Waals surface area contributed by atoms with E-state index in [0.717, 1.165) is 6.42 Å². The number of hydrogen-bond donors (Lipinski definition) is 1. The number of amides is 1. The molecule has 0 fully saturated rings. The van der Waals surface area contributed by atoms with Crippen molar-refractivity contribution in [1.82, 2.24) is 25.2 Å². The fourth-order valence-electron chi connectivity index (χ4n) is 1.87. The van der Waals surface area contributed by atoms with E-state index in [0.29, 0.717) is 17.4 Å². The Morgan fingerprint density at radius 1 is 1.35 bits per heavy atom. The highest BCUT2D eigenvalue weighted by atomic mass is 32.2. The summed E-state index contributed by atoms with van der Waals surface area (Å²) in [7, 11) is 0. The Balaban J connectivity index is 1.50. The summed E-state index contributed by atoms with van der Waals surface area (Å²) in [5.74, 6) is 0.129. The van der Waals surface area contributed by atoms with E-state index in [9.17, 15) is 4.79 Å². The van der Waals surface area contributed by atoms with Crippen LogP contribution in [0.2, 0.25) is 0 Å². The van der Waals surface area contributed by atoms with Crippen molar-refractivity contribution in [1.29, 1.82) is 0 Å². The van der Waals surface area contributed by atoms with Crippen LogP contribution < -0.4 is 5.32 Å². The van der Waals surface area contributed by atoms with Crippen LogP contribution in [0.15, 0.2) is 47.2 Å². The van der Waals surface area contributed by atoms with E-state index >= 15 is 0 Å². The third kappa shape index (κ3) is 4.60. The Bertz CT molecular complexity index is 744. The molecule has 0 aliphatic rings. The van der Waals surface area contributed by atoms with Crippen molar-refractivity contribution in [3.05, 3.63) is 46.9 Å². The van der Waals surface area contributed by atoms with Crippen LogP contribution >= 0.6 is 23.1 Å². The van der Waals surface area contributed by atoms with Crippen LogP contribution in [0.4, 0.5) is 5.69 Å². The Hall–Kier alpha value is -2.26. The monoisotopic (exact) mass is 346 g/mol. The van der Waals surface area contributed by atoms with Gasteiger partial charge < -0.3 is 5.32 Å². The molecule has 3 heterocycles. The molecule has 3 rings (SSSR count). The van der Waals surface area contributed by atoms with Crippen molar-refractivity contribution >= 4 is 34.7 Å². The molecule has 0 aliphatic heterocycles. The number of thioether (sulfide) groups is 1. The summed E-state index contributed by atoms with van der Waals surface area (Å²) in [6.45, 7) is 0.695. The number of carbonyl (C=O) groups excluding carboxylic acids is 1. The van der Waals surface area contributed by atoms with Crippen molar-refractivity contribution in [3.63, 3.8) is 0 Å². The number of hydrogen-bond acceptors (Lipinski definition) is 7. The standard InChI is InChI=1S/C14H14N6OS2/c21-13(16-11-3-1-6-15-9-11)10-23-14-17-18-19-20(14)7-5-12-4-2-8-22-12/h1-4,6,8-9H,5,7,10H2,(H,16,21). The Kier molecular flexibility index (Phi) is 5.33. The third-order valence-corrected chi connectivity index (χ3v) is 4.82. The minimum absolute atomic E-state index is 0.115. The summed E-state index contributed by atoms with van der Waals surface area (Å²) >= 11 is 3.03. The molecule has 1 amide bonds. The molecular formula is C14H14N6OS2. The SMILES string of the molecule is O=C(CSc1nnnn1CCc1cccs1)Nc1cccnc1. The largest absolute Gasteiger partial charge is 0.324 e. The molecule has 118 valence electrons. The lowest BCUT2D eigenvalue weighted by atomic mass is 10.3. The van der Waals surface area contributed by atoms with Crippen LogP contribution in [0.5, 0.6) is 0 Å². The zero-order chi connectivity index (χ0) is 15.9. The molecule has 0 atom stereocenters. The minimum atomic E-state index is -0.115. The molecule has 0 unspecified atom stereocenters. The molecule has 0 saturated heterocycles. The fraction of sp³-hybridized carbons (Fsp3) is 0.214. The maximum Gasteiger partial charge on any atom is 0.234 e. The van der Waals surface area contributed by atoms with E-state index in [1.165, 1.54) is 16.6 Å². The van der Waals surface area contributed by atoms with Crippen molar-refractivity contribution in [3.8, 4) is 0 Å². The number of thiophene rings is 1. The van der Waals surface area contributed by atoms with Crippen LogP contribution in [-0.2, 0) is 17.8 Å². The first kappa shape index (κ1) is 15.6. The van der Waals surface area contributed by atoms with Crippen LogP contribution in [0, 0.1) is 0 Å². The molecule has 0 saturated carbocycles. The van der Waals surface area contributed by atoms with Gasteiger partial charge in [-0.1, -0.05) is 17.8 Å². The lowest BCUT2D eigenvalue weighted by molar-refractivity contribution is -0.113. The molecule has 0 radical (unpaired) electrons. The maximum atomic E-state index is 11.9. The lowest BCUT2D eigenvalue weighted by Gasteiger charge is -2.05. The molecule has 3 aromatic heterocycles. The summed E-state index contributed by atoms with van der Waals surface area (Å²) in [6.07, 6.45) is 4.14. The summed E-state index contributed by atoms with van der Waals surface area (Å²) in [4.78, 5) is 17.2. The Morgan fingerprint density at radius 2 is 2.30 bits per heavy atom. The number of carbonyl (C=O) groups is 1. The second-order valence-corrected chi connectivity index (χ2v) is 6.57. The van der Waals surface area contributed by atoms with Gasteiger partial charge in [0, 0.05) is 17.5 Å². The van der Waals surface area contributed by atoms with Crippen LogP contribution in [0.1, 0.15) is 4.88 Å². The number of aryl methyl sites for hydroxylation is 2. The topological polar surface area (TPSA) is 85.6 Å². The number of anilines is 1. The summed E-state index contributed by atoms with van der Waals surface area (Å²) < 4.78 is 1.72. The van der Waals surface area contributed by atoms with Crippen molar-refractivity contribution in [2.45, 2.75) is 18.1 Å². The zero-order valence-corrected chi connectivity index (χ0v) is 13.8. The average Bonchev–Trinajstić information content (AvgIpc) is 3.23. The Morgan fingerprint density at radius 3 is 3.09 bits per heavy atom. The lowest BCUT2D eigenvalue weighted by Crippen LogP contribution is -2.15. The number of nitrogens with one attached hydrogen (secondary N) is 1. The molecule has 7 nitrogen and oxygen atoms in total. The predicted molar refractivity (Wildman–Crippen MR) is 89.4 cm³/mol. The number of rotatable bonds is 7. The maximum absolute atomic E-state index is 11.9. The van der Waals surface area contributed by atoms with Gasteiger partial charge in [-0.15, -0.1) is 16.4 Å². The molecule has 3 aromatic rings. The number of tetrazole rings is 1. The first-order valence-corrected chi connectivity index (χ1v) is 8.79. The molecule has 23 heavy (non-hydrogen) atoms. The number of pyridine rings is 1. The second kappa shape index (κ2) is 7.84. The fourth-order valence-corrected chi connectivity index (χ4v) is 3.28. The minimum Gasteiger partial charge on any atom is -0.324 e. The Labute approximate surface area is 141 Å². The average molecular weight is 346 g/mol. The van der Waals surface area contributed by atoms with Gasteiger partial charge in [-0.25, -0.2) is 4.68 Å². The second-order valence-electron chi connectivity index (χ2n) is 4.59. The van der Waals surface area contributed by atoms with Gasteiger partial charge in [0.2, 0.25) is 11.1 Å². The molecule has 0 spiro atoms. The van der Waals surface area contributed by atoms with E-state index in [-0.39, 0.29) is 11.7 Å². The number of nitrogens with zero attached hydrogens (tertiary/aromatic N) is 5. The first-order valence-electron chi connectivity index (χ1n) is 6.92. The normalized spacial score (nSPS) is 10.6. The van der Waals surface area contributed by atoms with Gasteiger partial charge >= 0.3 is 0 Å². The van der Waals surface area contributed by atoms with Gasteiger partial charge in [-0.3, -0.25) is 9.78 Å². The summed E-state index contributed by atoms with van der Waals surface area (Å²) in [5.41, 5.74) is 0.676. The van der Waals surface area contributed by atoms with Gasteiger partial charge in [0.1, 0.15) is 0 Å². The quantitative estimate of drug-likeness (QED) is 0.660. The van der Waals surface area contributed by atoms with E-state index < -0.39 is 0 Å². The van der Waals surface area contributed by atoms with Gasteiger partial charge in [-0.2, -0.15) is 0 Å². The van der Waals surface area contributed by atoms with E-state index in [1.807, 2.05) is 11.4 Å². The van der Waals surface area contributed by atoms with Crippen molar-refractivity contribution in [2.75, 3.05) is 11.1 Å². The van der Waals surface area contributed by atoms with Gasteiger partial charge in [-0.05, 0) is 34.0 Å². The third-order valence-electron chi connectivity index (χ3n) is 2.93. The van der Waals surface area contributed by atoms with Crippen molar-refractivity contribution < 1.29 is 4.79 Å². The number of aromatic nitrogens is 5. The summed E-state index contributed by atoms with van der Waals surface area (Å²) in [6, 6.07) is 7.68. The molecule has 0 aromatic carbocycles. The van der Waals surface area contributed by atoms with Gasteiger partial charge in [0.05, 0.1) is 24.2 Å². The molecule has 0 bridgehead atoms. The molecule has 9 heteroatoms.